The minimum absolute atomic E-state index is 0.304. The number of esters is 1. The van der Waals surface area contributed by atoms with Crippen LogP contribution in [-0.4, -0.2) is 47.4 Å². The predicted molar refractivity (Wildman–Crippen MR) is 96.6 cm³/mol. The summed E-state index contributed by atoms with van der Waals surface area (Å²) in [4.78, 5) is 30.3. The number of para-hydroxylation sites is 2. The standard InChI is InChI=1S/C18H18N4O5/c1-3-26-16-7-5-4-6-14(16)19-17(23)11-27-22-15-10-12(18(24)25-2)8-9-13(15)20-21-22/h4-10H,3,11H2,1-2H3,(H,19,23). The zero-order chi connectivity index (χ0) is 19.2. The van der Waals surface area contributed by atoms with Gasteiger partial charge in [0.15, 0.2) is 6.61 Å². The van der Waals surface area contributed by atoms with E-state index in [1.54, 1.807) is 30.3 Å². The average Bonchev–Trinajstić information content (AvgIpc) is 3.09. The van der Waals surface area contributed by atoms with Gasteiger partial charge in [-0.3, -0.25) is 4.79 Å². The van der Waals surface area contributed by atoms with Gasteiger partial charge in [-0.05, 0) is 42.5 Å². The van der Waals surface area contributed by atoms with Gasteiger partial charge in [-0.15, -0.1) is 5.10 Å². The van der Waals surface area contributed by atoms with E-state index in [4.69, 9.17) is 14.3 Å². The van der Waals surface area contributed by atoms with Crippen molar-refractivity contribution in [2.45, 2.75) is 6.92 Å². The summed E-state index contributed by atoms with van der Waals surface area (Å²) in [6, 6.07) is 11.8. The highest BCUT2D eigenvalue weighted by Gasteiger charge is 2.13. The first-order chi connectivity index (χ1) is 13.1. The molecule has 0 spiro atoms. The van der Waals surface area contributed by atoms with Crippen molar-refractivity contribution in [3.8, 4) is 5.75 Å². The fourth-order valence-corrected chi connectivity index (χ4v) is 2.40. The van der Waals surface area contributed by atoms with E-state index >= 15 is 0 Å². The number of ether oxygens (including phenoxy) is 2. The third-order valence-electron chi connectivity index (χ3n) is 3.62. The molecule has 0 aliphatic heterocycles. The summed E-state index contributed by atoms with van der Waals surface area (Å²) in [5, 5.41) is 10.5. The molecule has 0 radical (unpaired) electrons. The van der Waals surface area contributed by atoms with E-state index in [-0.39, 0.29) is 6.61 Å². The lowest BCUT2D eigenvalue weighted by Gasteiger charge is -2.11. The Labute approximate surface area is 154 Å². The lowest BCUT2D eigenvalue weighted by molar-refractivity contribution is -0.121. The number of carbonyl (C=O) groups is 2. The number of anilines is 1. The fraction of sp³-hybridized carbons (Fsp3) is 0.222. The van der Waals surface area contributed by atoms with Gasteiger partial charge in [0, 0.05) is 0 Å². The lowest BCUT2D eigenvalue weighted by Crippen LogP contribution is -2.26. The third kappa shape index (κ3) is 4.14. The zero-order valence-electron chi connectivity index (χ0n) is 14.8. The summed E-state index contributed by atoms with van der Waals surface area (Å²) >= 11 is 0. The predicted octanol–water partition coefficient (Wildman–Crippen LogP) is 1.68. The maximum absolute atomic E-state index is 12.2. The SMILES string of the molecule is CCOc1ccccc1NC(=O)COn1nnc2ccc(C(=O)OC)cc21. The van der Waals surface area contributed by atoms with Crippen molar-refractivity contribution in [2.75, 3.05) is 25.6 Å². The van der Waals surface area contributed by atoms with Crippen LogP contribution >= 0.6 is 0 Å². The molecule has 0 aliphatic rings. The van der Waals surface area contributed by atoms with Crippen LogP contribution in [0.4, 0.5) is 5.69 Å². The van der Waals surface area contributed by atoms with Gasteiger partial charge in [0.05, 0.1) is 25.0 Å². The van der Waals surface area contributed by atoms with Crippen LogP contribution in [0.3, 0.4) is 0 Å². The number of hydrogen-bond acceptors (Lipinski definition) is 7. The molecule has 140 valence electrons. The number of aromatic nitrogens is 3. The lowest BCUT2D eigenvalue weighted by atomic mass is 10.2. The number of nitrogens with one attached hydrogen (secondary N) is 1. The first-order valence-corrected chi connectivity index (χ1v) is 8.21. The molecule has 9 nitrogen and oxygen atoms in total. The topological polar surface area (TPSA) is 105 Å². The van der Waals surface area contributed by atoms with Gasteiger partial charge >= 0.3 is 5.97 Å². The highest BCUT2D eigenvalue weighted by atomic mass is 16.7. The number of amides is 1. The minimum Gasteiger partial charge on any atom is -0.492 e. The summed E-state index contributed by atoms with van der Waals surface area (Å²) in [7, 11) is 1.29. The first-order valence-electron chi connectivity index (χ1n) is 8.21. The van der Waals surface area contributed by atoms with Crippen molar-refractivity contribution in [1.29, 1.82) is 0 Å². The normalized spacial score (nSPS) is 10.4. The summed E-state index contributed by atoms with van der Waals surface area (Å²) in [6.07, 6.45) is 0. The molecule has 0 bridgehead atoms. The van der Waals surface area contributed by atoms with Gasteiger partial charge in [0.2, 0.25) is 0 Å². The maximum Gasteiger partial charge on any atom is 0.337 e. The van der Waals surface area contributed by atoms with Gasteiger partial charge in [0.1, 0.15) is 16.8 Å². The van der Waals surface area contributed by atoms with Crippen LogP contribution in [-0.2, 0) is 9.53 Å². The Balaban J connectivity index is 1.69. The van der Waals surface area contributed by atoms with Crippen molar-refractivity contribution in [1.82, 2.24) is 15.2 Å². The van der Waals surface area contributed by atoms with Gasteiger partial charge < -0.3 is 19.6 Å². The third-order valence-corrected chi connectivity index (χ3v) is 3.62. The van der Waals surface area contributed by atoms with Gasteiger partial charge in [0.25, 0.3) is 5.91 Å². The van der Waals surface area contributed by atoms with E-state index in [1.807, 2.05) is 13.0 Å². The van der Waals surface area contributed by atoms with E-state index in [2.05, 4.69) is 15.6 Å². The molecule has 1 amide bonds. The summed E-state index contributed by atoms with van der Waals surface area (Å²) in [6.45, 7) is 2.04. The van der Waals surface area contributed by atoms with Crippen molar-refractivity contribution in [3.63, 3.8) is 0 Å². The molecule has 1 aromatic heterocycles. The van der Waals surface area contributed by atoms with Crippen molar-refractivity contribution < 1.29 is 23.9 Å². The van der Waals surface area contributed by atoms with Gasteiger partial charge in [-0.1, -0.05) is 17.0 Å². The smallest absolute Gasteiger partial charge is 0.337 e. The largest absolute Gasteiger partial charge is 0.492 e. The number of carbonyl (C=O) groups excluding carboxylic acids is 2. The molecule has 0 saturated carbocycles. The second-order valence-electron chi connectivity index (χ2n) is 5.41. The molecular weight excluding hydrogens is 352 g/mol. The molecule has 3 aromatic rings. The van der Waals surface area contributed by atoms with Crippen LogP contribution in [0.5, 0.6) is 5.75 Å². The maximum atomic E-state index is 12.2. The number of hydrogen-bond donors (Lipinski definition) is 1. The quantitative estimate of drug-likeness (QED) is 0.631. The molecule has 0 atom stereocenters. The Bertz CT molecular complexity index is 969. The average molecular weight is 370 g/mol. The molecule has 1 heterocycles. The van der Waals surface area contributed by atoms with E-state index in [1.165, 1.54) is 13.2 Å². The Morgan fingerprint density at radius 2 is 2.00 bits per heavy atom. The number of fused-ring (bicyclic) bond motifs is 1. The first kappa shape index (κ1) is 18.2. The fourth-order valence-electron chi connectivity index (χ4n) is 2.40. The molecule has 9 heteroatoms. The van der Waals surface area contributed by atoms with Crippen molar-refractivity contribution in [2.24, 2.45) is 0 Å². The van der Waals surface area contributed by atoms with Crippen LogP contribution in [0.15, 0.2) is 42.5 Å². The van der Waals surface area contributed by atoms with Gasteiger partial charge in [-0.2, -0.15) is 0 Å². The van der Waals surface area contributed by atoms with Crippen LogP contribution in [0, 0.1) is 0 Å². The van der Waals surface area contributed by atoms with Crippen LogP contribution in [0.25, 0.3) is 11.0 Å². The molecule has 2 aromatic carbocycles. The molecule has 0 fully saturated rings. The second kappa shape index (κ2) is 8.17. The molecule has 0 unspecified atom stereocenters. The van der Waals surface area contributed by atoms with E-state index in [9.17, 15) is 9.59 Å². The molecule has 3 rings (SSSR count). The Hall–Kier alpha value is -3.62. The number of rotatable bonds is 7. The van der Waals surface area contributed by atoms with E-state index in [0.717, 1.165) is 4.85 Å². The second-order valence-corrected chi connectivity index (χ2v) is 5.41. The minimum atomic E-state index is -0.491. The summed E-state index contributed by atoms with van der Waals surface area (Å²) < 4.78 is 10.2. The van der Waals surface area contributed by atoms with E-state index in [0.29, 0.717) is 34.6 Å². The highest BCUT2D eigenvalue weighted by molar-refractivity contribution is 5.94. The molecule has 1 N–H and O–H groups in total. The summed E-state index contributed by atoms with van der Waals surface area (Å²) in [5.74, 6) is -0.313. The number of benzene rings is 2. The summed E-state index contributed by atoms with van der Waals surface area (Å²) in [5.41, 5.74) is 1.83. The van der Waals surface area contributed by atoms with E-state index < -0.39 is 11.9 Å². The zero-order valence-corrected chi connectivity index (χ0v) is 14.8. The van der Waals surface area contributed by atoms with Crippen LogP contribution in [0.1, 0.15) is 17.3 Å². The van der Waals surface area contributed by atoms with Crippen LogP contribution < -0.4 is 14.9 Å². The van der Waals surface area contributed by atoms with Gasteiger partial charge in [-0.25, -0.2) is 4.79 Å². The molecule has 27 heavy (non-hydrogen) atoms. The van der Waals surface area contributed by atoms with Crippen LogP contribution in [0.2, 0.25) is 0 Å². The molecular formula is C18H18N4O5. The Morgan fingerprint density at radius 1 is 1.19 bits per heavy atom. The van der Waals surface area contributed by atoms with Crippen molar-refractivity contribution in [3.05, 3.63) is 48.0 Å². The number of methoxy groups -OCH3 is 1. The monoisotopic (exact) mass is 370 g/mol. The highest BCUT2D eigenvalue weighted by Crippen LogP contribution is 2.23. The molecule has 0 saturated heterocycles. The molecule has 0 aliphatic carbocycles. The van der Waals surface area contributed by atoms with Crippen molar-refractivity contribution >= 4 is 28.6 Å². The number of nitrogens with zero attached hydrogens (tertiary/aromatic N) is 3. The Kier molecular flexibility index (Phi) is 5.50. The Morgan fingerprint density at radius 3 is 2.78 bits per heavy atom.